The maximum atomic E-state index is 12.2. The third kappa shape index (κ3) is 4.29. The van der Waals surface area contributed by atoms with Gasteiger partial charge in [0.1, 0.15) is 25.6 Å². The van der Waals surface area contributed by atoms with E-state index in [9.17, 15) is 14.7 Å². The van der Waals surface area contributed by atoms with Gasteiger partial charge in [-0.1, -0.05) is 0 Å². The summed E-state index contributed by atoms with van der Waals surface area (Å²) in [5.41, 5.74) is -0.123. The van der Waals surface area contributed by atoms with Gasteiger partial charge in [0.2, 0.25) is 16.9 Å². The summed E-state index contributed by atoms with van der Waals surface area (Å²) in [5.74, 6) is -0.582. The summed E-state index contributed by atoms with van der Waals surface area (Å²) in [6.07, 6.45) is -0.188. The van der Waals surface area contributed by atoms with Crippen molar-refractivity contribution >= 4 is 5.97 Å². The van der Waals surface area contributed by atoms with Crippen LogP contribution in [0.2, 0.25) is 0 Å². The van der Waals surface area contributed by atoms with Crippen LogP contribution in [0.5, 0.6) is 23.0 Å². The average molecular weight is 406 g/mol. The fraction of sp³-hybridized carbons (Fsp3) is 0.400. The van der Waals surface area contributed by atoms with Crippen LogP contribution < -0.4 is 19.6 Å². The van der Waals surface area contributed by atoms with Crippen molar-refractivity contribution in [2.24, 2.45) is 0 Å². The van der Waals surface area contributed by atoms with Gasteiger partial charge >= 0.3 is 5.97 Å². The zero-order chi connectivity index (χ0) is 21.0. The smallest absolute Gasteiger partial charge is 0.306 e. The second-order valence-electron chi connectivity index (χ2n) is 6.30. The molecule has 0 spiro atoms. The number of benzene rings is 1. The molecule has 9 nitrogen and oxygen atoms in total. The lowest BCUT2D eigenvalue weighted by Crippen LogP contribution is -2.18. The molecule has 1 aliphatic heterocycles. The largest absolute Gasteiger partial charge is 0.502 e. The second-order valence-corrected chi connectivity index (χ2v) is 6.30. The third-order valence-electron chi connectivity index (χ3n) is 4.45. The molecule has 0 bridgehead atoms. The number of fused-ring (bicyclic) bond motifs is 1. The molecule has 1 N–H and O–H groups in total. The highest BCUT2D eigenvalue weighted by Crippen LogP contribution is 2.44. The van der Waals surface area contributed by atoms with Gasteiger partial charge in [-0.15, -0.1) is 0 Å². The number of carbonyl (C=O) groups is 1. The third-order valence-corrected chi connectivity index (χ3v) is 4.45. The zero-order valence-electron chi connectivity index (χ0n) is 16.4. The van der Waals surface area contributed by atoms with Gasteiger partial charge in [-0.05, 0) is 17.7 Å². The Bertz CT molecular complexity index is 930. The van der Waals surface area contributed by atoms with Gasteiger partial charge in [0.05, 0.1) is 26.6 Å². The Morgan fingerprint density at radius 3 is 2.62 bits per heavy atom. The predicted octanol–water partition coefficient (Wildman–Crippen LogP) is 1.97. The first-order chi connectivity index (χ1) is 14.0. The van der Waals surface area contributed by atoms with Crippen LogP contribution in [-0.2, 0) is 20.9 Å². The summed E-state index contributed by atoms with van der Waals surface area (Å²) in [6.45, 7) is 0.756. The fourth-order valence-electron chi connectivity index (χ4n) is 3.11. The topological polar surface area (TPSA) is 114 Å². The van der Waals surface area contributed by atoms with Crippen LogP contribution >= 0.6 is 0 Å². The summed E-state index contributed by atoms with van der Waals surface area (Å²) in [5, 5.41) is 10.4. The maximum absolute atomic E-state index is 12.2. The van der Waals surface area contributed by atoms with Crippen LogP contribution in [0, 0.1) is 0 Å². The summed E-state index contributed by atoms with van der Waals surface area (Å²) in [7, 11) is 4.18. The molecule has 0 radical (unpaired) electrons. The lowest BCUT2D eigenvalue weighted by molar-refractivity contribution is -0.140. The van der Waals surface area contributed by atoms with Crippen molar-refractivity contribution in [2.75, 3.05) is 34.5 Å². The van der Waals surface area contributed by atoms with Crippen molar-refractivity contribution in [3.63, 3.8) is 0 Å². The summed E-state index contributed by atoms with van der Waals surface area (Å²) >= 11 is 0. The molecule has 2 heterocycles. The number of aromatic hydroxyl groups is 1. The first-order valence-corrected chi connectivity index (χ1v) is 8.87. The number of hydrogen-bond acceptors (Lipinski definition) is 9. The Morgan fingerprint density at radius 1 is 1.17 bits per heavy atom. The lowest BCUT2D eigenvalue weighted by atomic mass is 9.91. The molecular formula is C20H22O9. The molecule has 0 unspecified atom stereocenters. The molecule has 1 aromatic heterocycles. The highest BCUT2D eigenvalue weighted by molar-refractivity contribution is 5.71. The van der Waals surface area contributed by atoms with Crippen molar-refractivity contribution in [1.82, 2.24) is 0 Å². The molecule has 29 heavy (non-hydrogen) atoms. The number of esters is 1. The number of carbonyl (C=O) groups excluding carboxylic acids is 1. The van der Waals surface area contributed by atoms with Gasteiger partial charge in [0, 0.05) is 13.2 Å². The molecule has 9 heteroatoms. The van der Waals surface area contributed by atoms with Gasteiger partial charge in [-0.3, -0.25) is 9.59 Å². The number of rotatable bonds is 7. The zero-order valence-corrected chi connectivity index (χ0v) is 16.4. The van der Waals surface area contributed by atoms with Gasteiger partial charge in [0.15, 0.2) is 17.3 Å². The molecule has 0 fully saturated rings. The van der Waals surface area contributed by atoms with Crippen molar-refractivity contribution in [3.05, 3.63) is 45.5 Å². The fourth-order valence-corrected chi connectivity index (χ4v) is 3.11. The van der Waals surface area contributed by atoms with E-state index in [1.165, 1.54) is 21.3 Å². The molecule has 156 valence electrons. The summed E-state index contributed by atoms with van der Waals surface area (Å²) in [6, 6.07) is 4.44. The van der Waals surface area contributed by atoms with Crippen molar-refractivity contribution in [1.29, 1.82) is 0 Å². The van der Waals surface area contributed by atoms with Gasteiger partial charge in [-0.25, -0.2) is 0 Å². The van der Waals surface area contributed by atoms with Crippen LogP contribution in [0.4, 0.5) is 0 Å². The minimum atomic E-state index is -0.836. The minimum Gasteiger partial charge on any atom is -0.502 e. The van der Waals surface area contributed by atoms with Gasteiger partial charge < -0.3 is 33.2 Å². The number of ether oxygens (including phenoxy) is 5. The molecule has 2 aromatic rings. The maximum Gasteiger partial charge on any atom is 0.306 e. The normalized spacial score (nSPS) is 13.6. The first kappa shape index (κ1) is 20.5. The van der Waals surface area contributed by atoms with Crippen LogP contribution in [-0.4, -0.2) is 45.6 Å². The molecule has 0 saturated heterocycles. The summed E-state index contributed by atoms with van der Waals surface area (Å²) < 4.78 is 32.2. The second kappa shape index (κ2) is 8.87. The lowest BCUT2D eigenvalue weighted by Gasteiger charge is -2.24. The SMILES string of the molecule is COCc1cc(=O)c(O)c([C@@H](CC(=O)OC)c2cc(OC)c3c(c2)OCCO3)o1. The van der Waals surface area contributed by atoms with Crippen LogP contribution in [0.3, 0.4) is 0 Å². The van der Waals surface area contributed by atoms with Crippen LogP contribution in [0.1, 0.15) is 29.4 Å². The standard InChI is InChI=1S/C20H22O9/c1-24-10-12-8-14(21)18(23)19(29-12)13(9-17(22)26-3)11-6-15(25-2)20-16(7-11)27-4-5-28-20/h6-8,13,23H,4-5,9-10H2,1-3H3/t13-/m0/s1. The Kier molecular flexibility index (Phi) is 6.28. The quantitative estimate of drug-likeness (QED) is 0.689. The van der Waals surface area contributed by atoms with E-state index in [0.29, 0.717) is 36.0 Å². The van der Waals surface area contributed by atoms with E-state index in [0.717, 1.165) is 6.07 Å². The van der Waals surface area contributed by atoms with Crippen molar-refractivity contribution in [2.45, 2.75) is 18.9 Å². The Labute approximate surface area is 166 Å². The number of hydrogen-bond donors (Lipinski definition) is 1. The van der Waals surface area contributed by atoms with E-state index in [2.05, 4.69) is 0 Å². The average Bonchev–Trinajstić information content (AvgIpc) is 2.73. The molecule has 1 atom stereocenters. The minimum absolute atomic E-state index is 0.0257. The van der Waals surface area contributed by atoms with Crippen LogP contribution in [0.25, 0.3) is 0 Å². The van der Waals surface area contributed by atoms with E-state index < -0.39 is 23.1 Å². The van der Waals surface area contributed by atoms with E-state index in [4.69, 9.17) is 28.1 Å². The predicted molar refractivity (Wildman–Crippen MR) is 99.8 cm³/mol. The van der Waals surface area contributed by atoms with Crippen molar-refractivity contribution < 1.29 is 38.0 Å². The molecule has 0 saturated carbocycles. The Balaban J connectivity index is 2.17. The molecule has 0 amide bonds. The van der Waals surface area contributed by atoms with E-state index in [-0.39, 0.29) is 24.5 Å². The molecule has 0 aliphatic carbocycles. The number of methoxy groups -OCH3 is 3. The van der Waals surface area contributed by atoms with Gasteiger partial charge in [0.25, 0.3) is 0 Å². The monoisotopic (exact) mass is 406 g/mol. The van der Waals surface area contributed by atoms with E-state index >= 15 is 0 Å². The van der Waals surface area contributed by atoms with E-state index in [1.54, 1.807) is 12.1 Å². The molecular weight excluding hydrogens is 384 g/mol. The highest BCUT2D eigenvalue weighted by atomic mass is 16.6. The Hall–Kier alpha value is -3.20. The Morgan fingerprint density at radius 2 is 1.93 bits per heavy atom. The van der Waals surface area contributed by atoms with E-state index in [1.807, 2.05) is 0 Å². The first-order valence-electron chi connectivity index (χ1n) is 8.87. The molecule has 1 aromatic carbocycles. The summed E-state index contributed by atoms with van der Waals surface area (Å²) in [4.78, 5) is 24.3. The molecule has 1 aliphatic rings. The van der Waals surface area contributed by atoms with Gasteiger partial charge in [-0.2, -0.15) is 0 Å². The highest BCUT2D eigenvalue weighted by Gasteiger charge is 2.29. The van der Waals surface area contributed by atoms with Crippen molar-refractivity contribution in [3.8, 4) is 23.0 Å². The molecule has 3 rings (SSSR count). The van der Waals surface area contributed by atoms with Crippen LogP contribution in [0.15, 0.2) is 27.4 Å².